The number of nitrogens with one attached hydrogen (secondary N) is 1. The van der Waals surface area contributed by atoms with Crippen LogP contribution in [-0.4, -0.2) is 111 Å². The molecular formula is C45H59LiN5O11+. The summed E-state index contributed by atoms with van der Waals surface area (Å²) in [5, 5.41) is 11.5. The van der Waals surface area contributed by atoms with Gasteiger partial charge in [-0.05, 0) is 72.4 Å². The fourth-order valence-electron chi connectivity index (χ4n) is 6.72. The van der Waals surface area contributed by atoms with Crippen LogP contribution in [0.25, 0.3) is 0 Å². The van der Waals surface area contributed by atoms with Crippen molar-refractivity contribution >= 4 is 35.9 Å². The number of rotatable bonds is 2. The van der Waals surface area contributed by atoms with Crippen molar-refractivity contribution in [2.75, 3.05) is 39.3 Å². The van der Waals surface area contributed by atoms with Gasteiger partial charge in [0.1, 0.15) is 16.9 Å². The molecular weight excluding hydrogens is 793 g/mol. The average molecular weight is 853 g/mol. The number of fused-ring (bicyclic) bond motifs is 4. The van der Waals surface area contributed by atoms with Gasteiger partial charge in [0, 0.05) is 62.4 Å². The average Bonchev–Trinajstić information content (AvgIpc) is 4.06. The number of pyridine rings is 2. The third kappa shape index (κ3) is 13.9. The summed E-state index contributed by atoms with van der Waals surface area (Å²) in [6.45, 7) is 19.8. The minimum Gasteiger partial charge on any atom is -0.477 e. The Labute approximate surface area is 377 Å². The first-order chi connectivity index (χ1) is 28.7. The number of amides is 2. The normalized spacial score (nSPS) is 20.3. The first-order valence-electron chi connectivity index (χ1n) is 20.4. The summed E-state index contributed by atoms with van der Waals surface area (Å²) in [7, 11) is 0. The summed E-state index contributed by atoms with van der Waals surface area (Å²) < 4.78 is 21.5. The fourth-order valence-corrected chi connectivity index (χ4v) is 6.72. The summed E-state index contributed by atoms with van der Waals surface area (Å²) in [5.41, 5.74) is 0.832. The molecule has 0 saturated carbocycles. The number of benzene rings is 1. The fraction of sp³-hybridized carbons (Fsp3) is 0.489. The number of aromatic nitrogens is 2. The maximum atomic E-state index is 12.2. The van der Waals surface area contributed by atoms with Crippen molar-refractivity contribution in [2.45, 2.75) is 103 Å². The zero-order valence-electron chi connectivity index (χ0n) is 38.2. The van der Waals surface area contributed by atoms with E-state index >= 15 is 0 Å². The second-order valence-electron chi connectivity index (χ2n) is 16.9. The van der Waals surface area contributed by atoms with Crippen LogP contribution >= 0.6 is 0 Å². The van der Waals surface area contributed by atoms with Crippen molar-refractivity contribution in [3.05, 3.63) is 102 Å². The van der Waals surface area contributed by atoms with Gasteiger partial charge in [-0.25, -0.2) is 33.9 Å². The number of aromatic carboxylic acids is 1. The van der Waals surface area contributed by atoms with Crippen molar-refractivity contribution in [3.8, 4) is 0 Å². The number of carbonyl (C=O) groups excluding carboxylic acids is 5. The molecule has 2 spiro atoms. The number of carboxylic acid groups (broad SMARTS) is 1. The molecule has 0 bridgehead atoms. The van der Waals surface area contributed by atoms with Crippen molar-refractivity contribution in [3.63, 3.8) is 0 Å². The van der Waals surface area contributed by atoms with E-state index in [1.807, 2.05) is 71.9 Å². The van der Waals surface area contributed by atoms with Crippen LogP contribution in [0.5, 0.6) is 0 Å². The number of carboxylic acids is 1. The monoisotopic (exact) mass is 852 g/mol. The third-order valence-corrected chi connectivity index (χ3v) is 9.62. The van der Waals surface area contributed by atoms with Crippen molar-refractivity contribution in [1.82, 2.24) is 25.1 Å². The molecule has 1 aromatic carbocycles. The zero-order chi connectivity index (χ0) is 45.0. The minimum atomic E-state index is -0.990. The third-order valence-electron chi connectivity index (χ3n) is 9.62. The van der Waals surface area contributed by atoms with E-state index < -0.39 is 34.5 Å². The maximum Gasteiger partial charge on any atom is 1.00 e. The summed E-state index contributed by atoms with van der Waals surface area (Å²) in [5.74, 6) is -1.48. The van der Waals surface area contributed by atoms with Crippen LogP contribution in [0, 0.1) is 6.92 Å². The van der Waals surface area contributed by atoms with E-state index in [-0.39, 0.29) is 56.3 Å². The Morgan fingerprint density at radius 3 is 1.95 bits per heavy atom. The largest absolute Gasteiger partial charge is 1.00 e. The predicted octanol–water partition coefficient (Wildman–Crippen LogP) is 3.85. The SMILES string of the molecule is CC(C)(C)OC(=O)N1CCC(=O)C1.CC(C)(C)OC(=O)N1CCC2(C1)OC(=O)c1ccccc12.O=C(O)c1ccccn1.O=C1OC2(CCNC2)c2cccnc21.[CH2-]CCC.[H+].[Li+]. The summed E-state index contributed by atoms with van der Waals surface area (Å²) in [6, 6.07) is 15.9. The molecule has 0 radical (unpaired) electrons. The Morgan fingerprint density at radius 1 is 0.823 bits per heavy atom. The second kappa shape index (κ2) is 22.2. The van der Waals surface area contributed by atoms with Crippen molar-refractivity contribution < 1.29 is 73.1 Å². The van der Waals surface area contributed by atoms with E-state index in [0.717, 1.165) is 30.5 Å². The number of Topliss-reactive ketones (excluding diaryl/α,β-unsaturated/α-hetero) is 1. The van der Waals surface area contributed by atoms with Gasteiger partial charge in [0.15, 0.2) is 22.7 Å². The first kappa shape index (κ1) is 51.0. The molecule has 3 saturated heterocycles. The number of unbranched alkanes of at least 4 members (excludes halogenated alkanes) is 1. The van der Waals surface area contributed by atoms with Gasteiger partial charge in [-0.2, -0.15) is 6.42 Å². The topological polar surface area (TPSA) is 204 Å². The second-order valence-corrected chi connectivity index (χ2v) is 16.9. The Kier molecular flexibility index (Phi) is 18.3. The van der Waals surface area contributed by atoms with Gasteiger partial charge in [-0.15, -0.1) is 0 Å². The minimum absolute atomic E-state index is 0. The molecule has 3 fully saturated rings. The number of carbonyl (C=O) groups is 6. The van der Waals surface area contributed by atoms with Crippen LogP contribution in [0.2, 0.25) is 0 Å². The molecule has 16 nitrogen and oxygen atoms in total. The van der Waals surface area contributed by atoms with Gasteiger partial charge in [0.25, 0.3) is 0 Å². The molecule has 62 heavy (non-hydrogen) atoms. The van der Waals surface area contributed by atoms with Gasteiger partial charge in [-0.1, -0.05) is 43.7 Å². The van der Waals surface area contributed by atoms with Crippen LogP contribution < -0.4 is 24.2 Å². The molecule has 7 heterocycles. The van der Waals surface area contributed by atoms with Gasteiger partial charge in [-0.3, -0.25) is 4.79 Å². The zero-order valence-corrected chi connectivity index (χ0v) is 37.2. The molecule has 8 rings (SSSR count). The van der Waals surface area contributed by atoms with Crippen LogP contribution in [0.3, 0.4) is 0 Å². The number of ketones is 1. The standard InChI is InChI=1S/C16H19NO4.C10H10N2O2.C9H15NO3.C6H5NO2.C4H9.Li/c1-15(2,3)21-14(19)17-9-8-16(10-17)12-7-5-4-6-11(12)13(18)20-16;13-9-8-7(2-1-4-12-8)10(14-9)3-5-11-6-10;1-9(2,3)13-8(12)10-5-4-7(11)6-10;8-6(9)5-3-1-2-4-7-5;1-3-4-2;/h4-7H,8-10H2,1-3H3;1-2,4,11H,3,5-6H2;4-6H2,1-3H3;1-4H,(H,8,9);1,3-4H2,2H3;/q;;;;-1;+1/p+1. The molecule has 2 atom stereocenters. The molecule has 2 aromatic heterocycles. The molecule has 0 aliphatic carbocycles. The van der Waals surface area contributed by atoms with E-state index in [0.29, 0.717) is 50.3 Å². The number of nitrogens with zero attached hydrogens (tertiary/aromatic N) is 4. The maximum absolute atomic E-state index is 12.2. The van der Waals surface area contributed by atoms with Crippen molar-refractivity contribution in [1.29, 1.82) is 0 Å². The molecule has 17 heteroatoms. The summed E-state index contributed by atoms with van der Waals surface area (Å²) in [6.07, 6.45) is 6.51. The quantitative estimate of drug-likeness (QED) is 0.163. The molecule has 2 unspecified atom stereocenters. The Bertz CT molecular complexity index is 2040. The van der Waals surface area contributed by atoms with Crippen LogP contribution in [0.1, 0.15) is 124 Å². The molecule has 2 amide bonds. The van der Waals surface area contributed by atoms with Gasteiger partial charge in [0.05, 0.1) is 18.7 Å². The molecule has 3 aromatic rings. The summed E-state index contributed by atoms with van der Waals surface area (Å²) >= 11 is 0. The smallest absolute Gasteiger partial charge is 0.477 e. The first-order valence-corrected chi connectivity index (χ1v) is 20.4. The molecule has 5 aliphatic heterocycles. The van der Waals surface area contributed by atoms with E-state index in [4.69, 9.17) is 24.1 Å². The van der Waals surface area contributed by atoms with Crippen LogP contribution in [-0.2, 0) is 34.9 Å². The number of hydrogen-bond donors (Lipinski definition) is 2. The number of likely N-dealkylation sites (tertiary alicyclic amines) is 2. The molecule has 2 N–H and O–H groups in total. The van der Waals surface area contributed by atoms with Crippen LogP contribution in [0.15, 0.2) is 67.0 Å². The molecule has 330 valence electrons. The van der Waals surface area contributed by atoms with E-state index in [2.05, 4.69) is 29.1 Å². The van der Waals surface area contributed by atoms with E-state index in [1.165, 1.54) is 23.6 Å². The predicted molar refractivity (Wildman–Crippen MR) is 225 cm³/mol. The van der Waals surface area contributed by atoms with E-state index in [9.17, 15) is 28.8 Å². The number of esters is 2. The van der Waals surface area contributed by atoms with Crippen LogP contribution in [0.4, 0.5) is 9.59 Å². The van der Waals surface area contributed by atoms with E-state index in [1.54, 1.807) is 29.3 Å². The summed E-state index contributed by atoms with van der Waals surface area (Å²) in [4.78, 5) is 78.7. The van der Waals surface area contributed by atoms with Gasteiger partial charge >= 0.3 is 50.4 Å². The van der Waals surface area contributed by atoms with Crippen molar-refractivity contribution in [2.24, 2.45) is 0 Å². The van der Waals surface area contributed by atoms with Gasteiger partial charge < -0.3 is 46.1 Å². The molecule has 5 aliphatic rings. The number of ether oxygens (including phenoxy) is 4. The Balaban J connectivity index is 0.000000288. The Hall–Kier alpha value is -5.30. The van der Waals surface area contributed by atoms with Gasteiger partial charge in [0.2, 0.25) is 0 Å². The number of hydrogen-bond acceptors (Lipinski definition) is 13. The Morgan fingerprint density at radius 2 is 1.42 bits per heavy atom.